The van der Waals surface area contributed by atoms with E-state index >= 15 is 0 Å². The van der Waals surface area contributed by atoms with Crippen LogP contribution in [0.5, 0.6) is 0 Å². The van der Waals surface area contributed by atoms with Crippen LogP contribution in [0, 0.1) is 11.8 Å². The summed E-state index contributed by atoms with van der Waals surface area (Å²) in [5, 5.41) is 0. The molecule has 2 aliphatic carbocycles. The number of Topliss-reactive ketones (excluding diaryl/α,β-unsaturated/α-hetero) is 1. The van der Waals surface area contributed by atoms with Crippen molar-refractivity contribution in [2.45, 2.75) is 76.8 Å². The number of hydrogen-bond acceptors (Lipinski definition) is 3. The van der Waals surface area contributed by atoms with Crippen molar-refractivity contribution < 1.29 is 4.79 Å². The van der Waals surface area contributed by atoms with Crippen LogP contribution in [0.4, 0.5) is 0 Å². The molecule has 216 valence electrons. The molecule has 0 saturated heterocycles. The van der Waals surface area contributed by atoms with Crippen molar-refractivity contribution in [3.05, 3.63) is 144 Å². The topological polar surface area (TPSA) is 23.6 Å². The average molecular weight is 557 g/mol. The molecule has 2 aliphatic rings. The van der Waals surface area contributed by atoms with Gasteiger partial charge >= 0.3 is 0 Å². The minimum absolute atomic E-state index is 0.199. The predicted octanol–water partition coefficient (Wildman–Crippen LogP) is 8.30. The lowest BCUT2D eigenvalue weighted by Gasteiger charge is -2.30. The highest BCUT2D eigenvalue weighted by Crippen LogP contribution is 2.39. The van der Waals surface area contributed by atoms with Gasteiger partial charge in [-0.1, -0.05) is 121 Å². The van der Waals surface area contributed by atoms with Gasteiger partial charge in [-0.3, -0.25) is 14.6 Å². The van der Waals surface area contributed by atoms with E-state index in [1.54, 1.807) is 0 Å². The third kappa shape index (κ3) is 7.45. The number of ketones is 1. The van der Waals surface area contributed by atoms with Crippen LogP contribution in [0.2, 0.25) is 0 Å². The zero-order valence-corrected chi connectivity index (χ0v) is 24.7. The molecule has 0 N–H and O–H groups in total. The van der Waals surface area contributed by atoms with Gasteiger partial charge in [-0.25, -0.2) is 0 Å². The molecule has 2 saturated carbocycles. The van der Waals surface area contributed by atoms with E-state index in [4.69, 9.17) is 0 Å². The van der Waals surface area contributed by atoms with Crippen LogP contribution in [0.25, 0.3) is 0 Å². The summed E-state index contributed by atoms with van der Waals surface area (Å²) >= 11 is 0. The van der Waals surface area contributed by atoms with E-state index in [-0.39, 0.29) is 11.8 Å². The summed E-state index contributed by atoms with van der Waals surface area (Å²) in [5.74, 6) is 0.938. The number of rotatable bonds is 12. The molecule has 4 aromatic rings. The normalized spacial score (nSPS) is 22.1. The van der Waals surface area contributed by atoms with E-state index < -0.39 is 0 Å². The minimum atomic E-state index is 0.199. The first-order chi connectivity index (χ1) is 20.7. The van der Waals surface area contributed by atoms with Crippen LogP contribution in [0.15, 0.2) is 121 Å². The van der Waals surface area contributed by atoms with E-state index in [1.165, 1.54) is 22.3 Å². The van der Waals surface area contributed by atoms with Crippen LogP contribution in [-0.4, -0.2) is 27.7 Å². The molecule has 0 heterocycles. The Hall–Kier alpha value is -3.53. The van der Waals surface area contributed by atoms with Crippen molar-refractivity contribution in [3.63, 3.8) is 0 Å². The lowest BCUT2D eigenvalue weighted by atomic mass is 9.90. The molecule has 2 unspecified atom stereocenters. The van der Waals surface area contributed by atoms with Gasteiger partial charge in [-0.15, -0.1) is 0 Å². The quantitative estimate of drug-likeness (QED) is 0.175. The molecule has 4 atom stereocenters. The maximum Gasteiger partial charge on any atom is 0.139 e. The average Bonchev–Trinajstić information content (AvgIpc) is 3.74. The number of carbonyl (C=O) groups is 1. The molecule has 0 spiro atoms. The first kappa shape index (κ1) is 28.6. The van der Waals surface area contributed by atoms with Gasteiger partial charge < -0.3 is 0 Å². The van der Waals surface area contributed by atoms with Gasteiger partial charge in [0.1, 0.15) is 5.78 Å². The van der Waals surface area contributed by atoms with Crippen molar-refractivity contribution in [2.75, 3.05) is 0 Å². The van der Waals surface area contributed by atoms with Crippen LogP contribution < -0.4 is 0 Å². The van der Waals surface area contributed by atoms with Crippen LogP contribution >= 0.6 is 0 Å². The molecule has 3 heteroatoms. The molecule has 6 rings (SSSR count). The maximum atomic E-state index is 14.0. The monoisotopic (exact) mass is 556 g/mol. The Bertz CT molecular complexity index is 1190. The second-order valence-corrected chi connectivity index (χ2v) is 12.5. The Morgan fingerprint density at radius 2 is 0.738 bits per heavy atom. The molecule has 0 aromatic heterocycles. The zero-order chi connectivity index (χ0) is 28.6. The summed E-state index contributed by atoms with van der Waals surface area (Å²) in [7, 11) is 0. The van der Waals surface area contributed by atoms with Gasteiger partial charge in [-0.2, -0.15) is 0 Å². The van der Waals surface area contributed by atoms with E-state index in [0.29, 0.717) is 17.9 Å². The van der Waals surface area contributed by atoms with Crippen molar-refractivity contribution in [2.24, 2.45) is 11.8 Å². The molecule has 42 heavy (non-hydrogen) atoms. The number of hydrogen-bond donors (Lipinski definition) is 0. The van der Waals surface area contributed by atoms with Gasteiger partial charge in [0.15, 0.2) is 0 Å². The summed E-state index contributed by atoms with van der Waals surface area (Å²) in [6.45, 7) is 3.73. The van der Waals surface area contributed by atoms with E-state index in [0.717, 1.165) is 64.7 Å². The maximum absolute atomic E-state index is 14.0. The number of carbonyl (C=O) groups excluding carboxylic acids is 1. The van der Waals surface area contributed by atoms with Gasteiger partial charge in [-0.05, 0) is 60.8 Å². The number of nitrogens with zero attached hydrogens (tertiary/aromatic N) is 2. The summed E-state index contributed by atoms with van der Waals surface area (Å²) in [4.78, 5) is 19.2. The molecule has 0 bridgehead atoms. The fourth-order valence-electron chi connectivity index (χ4n) is 7.33. The van der Waals surface area contributed by atoms with Crippen molar-refractivity contribution >= 4 is 5.78 Å². The lowest BCUT2D eigenvalue weighted by molar-refractivity contribution is -0.126. The molecule has 0 aliphatic heterocycles. The van der Waals surface area contributed by atoms with Gasteiger partial charge in [0, 0.05) is 50.1 Å². The first-order valence-corrected chi connectivity index (χ1v) is 15.9. The Labute approximate surface area is 252 Å². The smallest absolute Gasteiger partial charge is 0.139 e. The molecular weight excluding hydrogens is 512 g/mol. The highest BCUT2D eigenvalue weighted by molar-refractivity contribution is 5.84. The fourth-order valence-corrected chi connectivity index (χ4v) is 7.33. The van der Waals surface area contributed by atoms with Crippen molar-refractivity contribution in [3.8, 4) is 0 Å². The summed E-state index contributed by atoms with van der Waals surface area (Å²) in [5.41, 5.74) is 5.38. The molecule has 0 amide bonds. The van der Waals surface area contributed by atoms with E-state index in [1.807, 2.05) is 0 Å². The van der Waals surface area contributed by atoms with Crippen molar-refractivity contribution in [1.29, 1.82) is 0 Å². The van der Waals surface area contributed by atoms with Crippen molar-refractivity contribution in [1.82, 2.24) is 9.80 Å². The third-order valence-electron chi connectivity index (χ3n) is 9.56. The summed E-state index contributed by atoms with van der Waals surface area (Å²) < 4.78 is 0. The molecule has 3 nitrogen and oxygen atoms in total. The SMILES string of the molecule is O=C(C1CC[C@H](N(Cc2ccccc2)Cc2ccccc2)C1)C1CC[C@H](N(Cc2ccccc2)Cc2ccccc2)C1. The highest BCUT2D eigenvalue weighted by atomic mass is 16.1. The number of benzene rings is 4. The third-order valence-corrected chi connectivity index (χ3v) is 9.56. The first-order valence-electron chi connectivity index (χ1n) is 15.9. The predicted molar refractivity (Wildman–Crippen MR) is 172 cm³/mol. The Morgan fingerprint density at radius 1 is 0.452 bits per heavy atom. The van der Waals surface area contributed by atoms with Crippen LogP contribution in [0.1, 0.15) is 60.8 Å². The van der Waals surface area contributed by atoms with Gasteiger partial charge in [0.2, 0.25) is 0 Å². The molecule has 2 fully saturated rings. The Kier molecular flexibility index (Phi) is 9.59. The van der Waals surface area contributed by atoms with E-state index in [9.17, 15) is 4.79 Å². The second kappa shape index (κ2) is 14.1. The second-order valence-electron chi connectivity index (χ2n) is 12.5. The van der Waals surface area contributed by atoms with Crippen LogP contribution in [0.3, 0.4) is 0 Å². The Morgan fingerprint density at radius 3 is 1.02 bits per heavy atom. The minimum Gasteiger partial charge on any atom is -0.299 e. The fraction of sp³-hybridized carbons (Fsp3) is 0.359. The highest BCUT2D eigenvalue weighted by Gasteiger charge is 2.40. The summed E-state index contributed by atoms with van der Waals surface area (Å²) in [6.07, 6.45) is 6.28. The van der Waals surface area contributed by atoms with E-state index in [2.05, 4.69) is 131 Å². The standard InChI is InChI=1S/C39H44N2O/c42-39(35-21-23-37(25-35)40(27-31-13-5-1-6-14-31)28-32-15-7-2-8-16-32)36-22-24-38(26-36)41(29-33-17-9-3-10-18-33)30-34-19-11-4-12-20-34/h1-20,35-38H,21-30H2/t35?,36?,37-,38-/m0/s1. The van der Waals surface area contributed by atoms with Crippen LogP contribution in [-0.2, 0) is 31.0 Å². The Balaban J connectivity index is 1.10. The zero-order valence-electron chi connectivity index (χ0n) is 24.7. The molecule has 4 aromatic carbocycles. The molecule has 0 radical (unpaired) electrons. The lowest BCUT2D eigenvalue weighted by Crippen LogP contribution is -2.34. The summed E-state index contributed by atoms with van der Waals surface area (Å²) in [6, 6.07) is 44.1. The van der Waals surface area contributed by atoms with Gasteiger partial charge in [0.25, 0.3) is 0 Å². The van der Waals surface area contributed by atoms with Gasteiger partial charge in [0.05, 0.1) is 0 Å². The largest absolute Gasteiger partial charge is 0.299 e. The molecular formula is C39H44N2O.